The fourth-order valence-corrected chi connectivity index (χ4v) is 3.91. The average Bonchev–Trinajstić information content (AvgIpc) is 3.08. The summed E-state index contributed by atoms with van der Waals surface area (Å²) in [7, 11) is 1.95. The van der Waals surface area contributed by atoms with Gasteiger partial charge in [0.05, 0.1) is 21.5 Å². The van der Waals surface area contributed by atoms with Crippen LogP contribution in [-0.4, -0.2) is 44.0 Å². The predicted molar refractivity (Wildman–Crippen MR) is 78.1 cm³/mol. The quantitative estimate of drug-likeness (QED) is 0.923. The van der Waals surface area contributed by atoms with Crippen molar-refractivity contribution in [1.82, 2.24) is 14.7 Å². The molecule has 2 atom stereocenters. The van der Waals surface area contributed by atoms with Gasteiger partial charge in [0.1, 0.15) is 0 Å². The van der Waals surface area contributed by atoms with Crippen LogP contribution in [0.3, 0.4) is 0 Å². The van der Waals surface area contributed by atoms with E-state index in [-0.39, 0.29) is 0 Å². The van der Waals surface area contributed by atoms with E-state index in [2.05, 4.69) is 32.9 Å². The van der Waals surface area contributed by atoms with Crippen molar-refractivity contribution in [2.45, 2.75) is 57.2 Å². The second kappa shape index (κ2) is 4.57. The van der Waals surface area contributed by atoms with Crippen molar-refractivity contribution in [2.75, 3.05) is 6.54 Å². The Morgan fingerprint density at radius 3 is 2.68 bits per heavy atom. The Labute approximate surface area is 122 Å². The van der Waals surface area contributed by atoms with Gasteiger partial charge in [-0.1, -0.05) is 0 Å². The molecule has 0 radical (unpaired) electrons. The van der Waals surface area contributed by atoms with E-state index < -0.39 is 5.60 Å². The van der Waals surface area contributed by atoms with Crippen LogP contribution in [0, 0.1) is 6.92 Å². The molecule has 0 amide bonds. The molecule has 0 bridgehead atoms. The second-order valence-electron chi connectivity index (χ2n) is 6.33. The van der Waals surface area contributed by atoms with Gasteiger partial charge >= 0.3 is 0 Å². The van der Waals surface area contributed by atoms with Crippen molar-refractivity contribution in [2.24, 2.45) is 7.05 Å². The third-order valence-corrected chi connectivity index (χ3v) is 5.52. The van der Waals surface area contributed by atoms with E-state index >= 15 is 0 Å². The summed E-state index contributed by atoms with van der Waals surface area (Å²) in [6, 6.07) is 1.21. The van der Waals surface area contributed by atoms with Crippen molar-refractivity contribution in [3.05, 3.63) is 15.9 Å². The summed E-state index contributed by atoms with van der Waals surface area (Å²) in [6.45, 7) is 5.03. The van der Waals surface area contributed by atoms with Gasteiger partial charge in [-0.25, -0.2) is 0 Å². The summed E-state index contributed by atoms with van der Waals surface area (Å²) in [4.78, 5) is 2.48. The number of halogens is 1. The molecule has 1 aliphatic carbocycles. The summed E-state index contributed by atoms with van der Waals surface area (Å²) in [5.74, 6) is 0. The van der Waals surface area contributed by atoms with Gasteiger partial charge in [0, 0.05) is 32.1 Å². The van der Waals surface area contributed by atoms with Crippen LogP contribution in [0.15, 0.2) is 4.47 Å². The summed E-state index contributed by atoms with van der Waals surface area (Å²) in [5.41, 5.74) is 1.49. The normalized spacial score (nSPS) is 32.2. The number of aromatic nitrogens is 2. The van der Waals surface area contributed by atoms with Crippen LogP contribution in [0.4, 0.5) is 0 Å². The first kappa shape index (κ1) is 13.6. The van der Waals surface area contributed by atoms with Crippen LogP contribution in [0.2, 0.25) is 0 Å². The van der Waals surface area contributed by atoms with E-state index in [4.69, 9.17) is 0 Å². The minimum Gasteiger partial charge on any atom is -0.388 e. The lowest BCUT2D eigenvalue weighted by Gasteiger charge is -2.24. The smallest absolute Gasteiger partial charge is 0.0844 e. The zero-order chi connectivity index (χ0) is 13.8. The van der Waals surface area contributed by atoms with Crippen LogP contribution < -0.4 is 0 Å². The number of rotatable bonds is 3. The monoisotopic (exact) mass is 327 g/mol. The third-order valence-electron chi connectivity index (χ3n) is 4.49. The van der Waals surface area contributed by atoms with E-state index in [9.17, 15) is 5.11 Å². The van der Waals surface area contributed by atoms with Crippen molar-refractivity contribution >= 4 is 15.9 Å². The highest BCUT2D eigenvalue weighted by atomic mass is 79.9. The first-order valence-corrected chi connectivity index (χ1v) is 7.85. The molecule has 2 heterocycles. The van der Waals surface area contributed by atoms with Gasteiger partial charge in [-0.3, -0.25) is 9.58 Å². The molecule has 1 N–H and O–H groups in total. The van der Waals surface area contributed by atoms with E-state index in [0.717, 1.165) is 34.9 Å². The molecule has 1 aliphatic heterocycles. The van der Waals surface area contributed by atoms with Gasteiger partial charge < -0.3 is 5.11 Å². The Hall–Kier alpha value is -0.390. The van der Waals surface area contributed by atoms with Crippen LogP contribution >= 0.6 is 15.9 Å². The summed E-state index contributed by atoms with van der Waals surface area (Å²) in [5, 5.41) is 15.3. The first-order valence-electron chi connectivity index (χ1n) is 7.06. The van der Waals surface area contributed by atoms with Gasteiger partial charge in [-0.15, -0.1) is 0 Å². The number of aryl methyl sites for hydroxylation is 2. The molecular weight excluding hydrogens is 306 g/mol. The predicted octanol–water partition coefficient (Wildman–Crippen LogP) is 2.02. The van der Waals surface area contributed by atoms with Gasteiger partial charge in [0.25, 0.3) is 0 Å². The van der Waals surface area contributed by atoms with Gasteiger partial charge in [-0.2, -0.15) is 5.10 Å². The molecule has 5 heteroatoms. The lowest BCUT2D eigenvalue weighted by Crippen LogP contribution is -2.37. The molecule has 19 heavy (non-hydrogen) atoms. The van der Waals surface area contributed by atoms with E-state index in [1.54, 1.807) is 0 Å². The zero-order valence-electron chi connectivity index (χ0n) is 11.9. The maximum Gasteiger partial charge on any atom is 0.0844 e. The number of hydrogen-bond acceptors (Lipinski definition) is 3. The highest BCUT2D eigenvalue weighted by Crippen LogP contribution is 2.39. The maximum atomic E-state index is 10.9. The van der Waals surface area contributed by atoms with Crippen molar-refractivity contribution < 1.29 is 5.11 Å². The molecule has 1 saturated heterocycles. The Bertz CT molecular complexity index is 497. The maximum absolute atomic E-state index is 10.9. The fourth-order valence-electron chi connectivity index (χ4n) is 3.43. The lowest BCUT2D eigenvalue weighted by atomic mass is 9.95. The minimum atomic E-state index is -0.606. The first-order chi connectivity index (χ1) is 8.89. The molecule has 0 aromatic carbocycles. The molecular formula is C14H22BrN3O. The lowest BCUT2D eigenvalue weighted by molar-refractivity contribution is 0.0467. The fraction of sp³-hybridized carbons (Fsp3) is 0.786. The molecule has 2 aliphatic rings. The average molecular weight is 328 g/mol. The number of aliphatic hydroxyl groups is 1. The molecule has 1 aromatic heterocycles. The Kier molecular flexibility index (Phi) is 3.27. The number of likely N-dealkylation sites (tertiary alicyclic amines) is 1. The number of hydrogen-bond donors (Lipinski definition) is 1. The van der Waals surface area contributed by atoms with Crippen molar-refractivity contribution in [1.29, 1.82) is 0 Å². The Morgan fingerprint density at radius 2 is 2.16 bits per heavy atom. The van der Waals surface area contributed by atoms with Crippen molar-refractivity contribution in [3.8, 4) is 0 Å². The molecule has 1 saturated carbocycles. The van der Waals surface area contributed by atoms with E-state index in [0.29, 0.717) is 12.5 Å². The summed E-state index contributed by atoms with van der Waals surface area (Å²) >= 11 is 3.60. The van der Waals surface area contributed by atoms with E-state index in [1.165, 1.54) is 12.8 Å². The van der Waals surface area contributed by atoms with Crippen LogP contribution in [0.5, 0.6) is 0 Å². The number of nitrogens with zero attached hydrogens (tertiary/aromatic N) is 3. The highest BCUT2D eigenvalue weighted by molar-refractivity contribution is 9.10. The standard InChI is InChI=1S/C14H22BrN3O/c1-9-6-14(19,8-18(9)11-4-5-11)7-12-13(15)10(2)16-17(12)3/h9,11,19H,4-8H2,1-3H3. The Balaban J connectivity index is 1.78. The highest BCUT2D eigenvalue weighted by Gasteiger charge is 2.46. The molecule has 1 aromatic rings. The van der Waals surface area contributed by atoms with Gasteiger partial charge in [0.2, 0.25) is 0 Å². The summed E-state index contributed by atoms with van der Waals surface area (Å²) in [6.07, 6.45) is 4.14. The van der Waals surface area contributed by atoms with E-state index in [1.807, 2.05) is 18.7 Å². The molecule has 106 valence electrons. The van der Waals surface area contributed by atoms with Crippen LogP contribution in [0.25, 0.3) is 0 Å². The molecule has 3 rings (SSSR count). The van der Waals surface area contributed by atoms with Crippen molar-refractivity contribution in [3.63, 3.8) is 0 Å². The molecule has 4 nitrogen and oxygen atoms in total. The molecule has 2 fully saturated rings. The summed E-state index contributed by atoms with van der Waals surface area (Å²) < 4.78 is 2.93. The van der Waals surface area contributed by atoms with Crippen LogP contribution in [0.1, 0.15) is 37.6 Å². The Morgan fingerprint density at radius 1 is 1.47 bits per heavy atom. The largest absolute Gasteiger partial charge is 0.388 e. The third kappa shape index (κ3) is 2.48. The minimum absolute atomic E-state index is 0.491. The molecule has 2 unspecified atom stereocenters. The second-order valence-corrected chi connectivity index (χ2v) is 7.12. The SMILES string of the molecule is Cc1nn(C)c(CC2(O)CC(C)N(C3CC3)C2)c1Br. The number of β-amino-alcohol motifs (C(OH)–C–C–N with tert-alkyl or cyclic N) is 1. The van der Waals surface area contributed by atoms with Gasteiger partial charge in [-0.05, 0) is 49.0 Å². The topological polar surface area (TPSA) is 41.3 Å². The van der Waals surface area contributed by atoms with Crippen LogP contribution in [-0.2, 0) is 13.5 Å². The van der Waals surface area contributed by atoms with Gasteiger partial charge in [0.15, 0.2) is 0 Å². The molecule has 0 spiro atoms. The zero-order valence-corrected chi connectivity index (χ0v) is 13.4.